The number of nitrogens with zero attached hydrogens (tertiary/aromatic N) is 2. The van der Waals surface area contributed by atoms with Crippen molar-refractivity contribution in [1.29, 1.82) is 0 Å². The second-order valence-corrected chi connectivity index (χ2v) is 5.49. The standard InChI is InChI=1S/C15H17BrN4O/c1-3-6-18-14-9-17-8-13(20-14)15(21)19-11-5-4-10(2)12(16)7-11/h4-5,7-9H,3,6H2,1-2H3,(H,18,20)(H,19,21). The number of halogens is 1. The highest BCUT2D eigenvalue weighted by Gasteiger charge is 2.10. The van der Waals surface area contributed by atoms with Crippen molar-refractivity contribution < 1.29 is 4.79 Å². The van der Waals surface area contributed by atoms with Crippen LogP contribution in [0.1, 0.15) is 29.4 Å². The highest BCUT2D eigenvalue weighted by molar-refractivity contribution is 9.10. The van der Waals surface area contributed by atoms with Crippen LogP contribution in [0.3, 0.4) is 0 Å². The van der Waals surface area contributed by atoms with Gasteiger partial charge in [-0.05, 0) is 31.0 Å². The Balaban J connectivity index is 2.10. The van der Waals surface area contributed by atoms with Gasteiger partial charge in [-0.1, -0.05) is 28.9 Å². The van der Waals surface area contributed by atoms with Crippen molar-refractivity contribution in [3.05, 3.63) is 46.3 Å². The third kappa shape index (κ3) is 4.26. The lowest BCUT2D eigenvalue weighted by atomic mass is 10.2. The Morgan fingerprint density at radius 2 is 2.14 bits per heavy atom. The van der Waals surface area contributed by atoms with Gasteiger partial charge < -0.3 is 10.6 Å². The lowest BCUT2D eigenvalue weighted by Crippen LogP contribution is -2.15. The second kappa shape index (κ2) is 7.17. The van der Waals surface area contributed by atoms with Crippen LogP contribution >= 0.6 is 15.9 Å². The summed E-state index contributed by atoms with van der Waals surface area (Å²) in [5.74, 6) is 0.327. The maximum atomic E-state index is 12.2. The average molecular weight is 349 g/mol. The molecule has 0 aliphatic heterocycles. The number of aryl methyl sites for hydroxylation is 1. The first kappa shape index (κ1) is 15.4. The van der Waals surface area contributed by atoms with Gasteiger partial charge in [-0.25, -0.2) is 4.98 Å². The molecule has 0 aliphatic carbocycles. The van der Waals surface area contributed by atoms with Crippen LogP contribution in [0, 0.1) is 6.92 Å². The fourth-order valence-electron chi connectivity index (χ4n) is 1.68. The van der Waals surface area contributed by atoms with Crippen LogP contribution in [0.4, 0.5) is 11.5 Å². The van der Waals surface area contributed by atoms with Gasteiger partial charge in [0, 0.05) is 16.7 Å². The number of anilines is 2. The van der Waals surface area contributed by atoms with Gasteiger partial charge in [-0.15, -0.1) is 0 Å². The zero-order valence-electron chi connectivity index (χ0n) is 12.0. The number of carbonyl (C=O) groups is 1. The molecule has 0 aliphatic rings. The monoisotopic (exact) mass is 348 g/mol. The fourth-order valence-corrected chi connectivity index (χ4v) is 2.06. The summed E-state index contributed by atoms with van der Waals surface area (Å²) in [5, 5.41) is 5.92. The number of nitrogens with one attached hydrogen (secondary N) is 2. The molecule has 2 rings (SSSR count). The van der Waals surface area contributed by atoms with Crippen molar-refractivity contribution in [1.82, 2.24) is 9.97 Å². The van der Waals surface area contributed by atoms with Gasteiger partial charge in [0.25, 0.3) is 5.91 Å². The van der Waals surface area contributed by atoms with E-state index < -0.39 is 0 Å². The van der Waals surface area contributed by atoms with Gasteiger partial charge in [0.15, 0.2) is 0 Å². The van der Waals surface area contributed by atoms with Crippen LogP contribution in [-0.4, -0.2) is 22.4 Å². The molecule has 2 N–H and O–H groups in total. The Labute approximate surface area is 132 Å². The Morgan fingerprint density at radius 1 is 1.33 bits per heavy atom. The van der Waals surface area contributed by atoms with Crippen molar-refractivity contribution in [2.24, 2.45) is 0 Å². The van der Waals surface area contributed by atoms with Gasteiger partial charge >= 0.3 is 0 Å². The lowest BCUT2D eigenvalue weighted by Gasteiger charge is -2.08. The van der Waals surface area contributed by atoms with Crippen LogP contribution in [0.25, 0.3) is 0 Å². The topological polar surface area (TPSA) is 66.9 Å². The Morgan fingerprint density at radius 3 is 2.86 bits per heavy atom. The number of amides is 1. The molecule has 0 radical (unpaired) electrons. The maximum absolute atomic E-state index is 12.2. The summed E-state index contributed by atoms with van der Waals surface area (Å²) in [6, 6.07) is 5.65. The van der Waals surface area contributed by atoms with E-state index in [2.05, 4.69) is 43.5 Å². The summed E-state index contributed by atoms with van der Waals surface area (Å²) < 4.78 is 0.949. The van der Waals surface area contributed by atoms with E-state index in [1.54, 1.807) is 6.20 Å². The van der Waals surface area contributed by atoms with E-state index in [9.17, 15) is 4.79 Å². The van der Waals surface area contributed by atoms with E-state index in [1.807, 2.05) is 25.1 Å². The summed E-state index contributed by atoms with van der Waals surface area (Å²) in [7, 11) is 0. The molecule has 6 heteroatoms. The van der Waals surface area contributed by atoms with Gasteiger partial charge in [0.05, 0.1) is 12.4 Å². The second-order valence-electron chi connectivity index (χ2n) is 4.63. The van der Waals surface area contributed by atoms with Gasteiger partial charge in [0.2, 0.25) is 0 Å². The minimum atomic E-state index is -0.279. The van der Waals surface area contributed by atoms with Crippen LogP contribution in [0.15, 0.2) is 35.1 Å². The van der Waals surface area contributed by atoms with Gasteiger partial charge in [0.1, 0.15) is 11.5 Å². The molecular weight excluding hydrogens is 332 g/mol. The smallest absolute Gasteiger partial charge is 0.275 e. The molecule has 1 amide bonds. The lowest BCUT2D eigenvalue weighted by molar-refractivity contribution is 0.102. The number of aromatic nitrogens is 2. The Kier molecular flexibility index (Phi) is 5.27. The molecule has 2 aromatic rings. The quantitative estimate of drug-likeness (QED) is 0.865. The van der Waals surface area contributed by atoms with E-state index in [4.69, 9.17) is 0 Å². The molecule has 0 spiro atoms. The van der Waals surface area contributed by atoms with Gasteiger partial charge in [-0.2, -0.15) is 0 Å². The summed E-state index contributed by atoms with van der Waals surface area (Å²) in [6.45, 7) is 4.85. The van der Waals surface area contributed by atoms with Crippen LogP contribution in [0.2, 0.25) is 0 Å². The normalized spacial score (nSPS) is 10.2. The van der Waals surface area contributed by atoms with E-state index in [0.717, 1.165) is 23.0 Å². The Hall–Kier alpha value is -1.95. The van der Waals surface area contributed by atoms with Crippen LogP contribution < -0.4 is 10.6 Å². The largest absolute Gasteiger partial charge is 0.369 e. The number of hydrogen-bond acceptors (Lipinski definition) is 4. The number of hydrogen-bond donors (Lipinski definition) is 2. The SMILES string of the molecule is CCCNc1cncc(C(=O)Nc2ccc(C)c(Br)c2)n1. The minimum absolute atomic E-state index is 0.279. The van der Waals surface area contributed by atoms with Crippen molar-refractivity contribution >= 4 is 33.3 Å². The van der Waals surface area contributed by atoms with Gasteiger partial charge in [-0.3, -0.25) is 9.78 Å². The number of carbonyl (C=O) groups excluding carboxylic acids is 1. The molecule has 21 heavy (non-hydrogen) atoms. The molecule has 1 aromatic carbocycles. The van der Waals surface area contributed by atoms with Crippen molar-refractivity contribution in [2.45, 2.75) is 20.3 Å². The number of rotatable bonds is 5. The average Bonchev–Trinajstić information content (AvgIpc) is 2.49. The molecule has 0 atom stereocenters. The van der Waals surface area contributed by atoms with E-state index in [-0.39, 0.29) is 11.6 Å². The molecule has 5 nitrogen and oxygen atoms in total. The molecule has 0 saturated carbocycles. The molecule has 1 heterocycles. The minimum Gasteiger partial charge on any atom is -0.369 e. The molecule has 110 valence electrons. The number of benzene rings is 1. The van der Waals surface area contributed by atoms with Crippen LogP contribution in [-0.2, 0) is 0 Å². The highest BCUT2D eigenvalue weighted by atomic mass is 79.9. The molecular formula is C15H17BrN4O. The predicted molar refractivity (Wildman–Crippen MR) is 87.6 cm³/mol. The summed E-state index contributed by atoms with van der Waals surface area (Å²) in [6.07, 6.45) is 4.04. The maximum Gasteiger partial charge on any atom is 0.275 e. The summed E-state index contributed by atoms with van der Waals surface area (Å²) >= 11 is 3.44. The first-order chi connectivity index (χ1) is 10.1. The van der Waals surface area contributed by atoms with E-state index >= 15 is 0 Å². The molecule has 1 aromatic heterocycles. The van der Waals surface area contributed by atoms with E-state index in [0.29, 0.717) is 11.5 Å². The molecule has 0 fully saturated rings. The first-order valence-corrected chi connectivity index (χ1v) is 7.53. The van der Waals surface area contributed by atoms with E-state index in [1.165, 1.54) is 6.20 Å². The molecule has 0 unspecified atom stereocenters. The Bertz CT molecular complexity index is 645. The zero-order chi connectivity index (χ0) is 15.2. The zero-order valence-corrected chi connectivity index (χ0v) is 13.6. The predicted octanol–water partition coefficient (Wildman–Crippen LogP) is 3.62. The van der Waals surface area contributed by atoms with Crippen molar-refractivity contribution in [3.63, 3.8) is 0 Å². The summed E-state index contributed by atoms with van der Waals surface area (Å²) in [4.78, 5) is 20.5. The molecule has 0 bridgehead atoms. The van der Waals surface area contributed by atoms with Crippen molar-refractivity contribution in [3.8, 4) is 0 Å². The summed E-state index contributed by atoms with van der Waals surface area (Å²) in [5.41, 5.74) is 2.11. The third-order valence-corrected chi connectivity index (χ3v) is 3.71. The highest BCUT2D eigenvalue weighted by Crippen LogP contribution is 2.21. The fraction of sp³-hybridized carbons (Fsp3) is 0.267. The first-order valence-electron chi connectivity index (χ1n) is 6.73. The van der Waals surface area contributed by atoms with Crippen molar-refractivity contribution in [2.75, 3.05) is 17.2 Å². The molecule has 0 saturated heterocycles. The third-order valence-electron chi connectivity index (χ3n) is 2.85. The van der Waals surface area contributed by atoms with Crippen LogP contribution in [0.5, 0.6) is 0 Å².